The van der Waals surface area contributed by atoms with E-state index in [1.165, 1.54) is 31.2 Å². The molecule has 0 aliphatic carbocycles. The van der Waals surface area contributed by atoms with E-state index in [1.54, 1.807) is 31.2 Å². The average Bonchev–Trinajstić information content (AvgIpc) is 2.88. The number of hydrogen-bond acceptors (Lipinski definition) is 9. The molecule has 0 fully saturated rings. The van der Waals surface area contributed by atoms with Crippen LogP contribution in [0.2, 0.25) is 0 Å². The summed E-state index contributed by atoms with van der Waals surface area (Å²) in [6.45, 7) is 7.21. The smallest absolute Gasteiger partial charge is 0.459 e. The number of nitrogens with one attached hydrogen (secondary N) is 1. The molecule has 2 atom stereocenters. The zero-order chi connectivity index (χ0) is 27.4. The van der Waals surface area contributed by atoms with Crippen LogP contribution in [0.4, 0.5) is 5.69 Å². The first-order chi connectivity index (χ1) is 17.6. The van der Waals surface area contributed by atoms with Crippen molar-refractivity contribution >= 4 is 25.4 Å². The van der Waals surface area contributed by atoms with E-state index in [4.69, 9.17) is 18.5 Å². The Kier molecular flexibility index (Phi) is 11.7. The highest BCUT2D eigenvalue weighted by Crippen LogP contribution is 2.46. The second kappa shape index (κ2) is 14.5. The van der Waals surface area contributed by atoms with Crippen molar-refractivity contribution in [3.05, 3.63) is 69.8 Å². The molecule has 0 amide bonds. The zero-order valence-electron chi connectivity index (χ0n) is 21.4. The number of benzene rings is 2. The molecule has 2 aromatic rings. The minimum atomic E-state index is -4.26. The van der Waals surface area contributed by atoms with Gasteiger partial charge in [0, 0.05) is 12.1 Å². The van der Waals surface area contributed by atoms with Crippen LogP contribution in [0.5, 0.6) is 5.75 Å². The number of esters is 2. The van der Waals surface area contributed by atoms with Crippen LogP contribution in [0.1, 0.15) is 56.5 Å². The SMILES string of the molecule is CCOC(=O)c1ccccc1COP(=O)(N[C@@H](C)C(=O)OCC(CC)CC)Oc1ccc([N+](=O)[O-])cc1. The fourth-order valence-electron chi connectivity index (χ4n) is 3.21. The lowest BCUT2D eigenvalue weighted by Gasteiger charge is -2.23. The highest BCUT2D eigenvalue weighted by molar-refractivity contribution is 7.52. The Morgan fingerprint density at radius 3 is 2.27 bits per heavy atom. The van der Waals surface area contributed by atoms with E-state index < -0.39 is 30.7 Å². The van der Waals surface area contributed by atoms with Crippen LogP contribution in [0.15, 0.2) is 48.5 Å². The summed E-state index contributed by atoms with van der Waals surface area (Å²) < 4.78 is 35.3. The third kappa shape index (κ3) is 9.27. The summed E-state index contributed by atoms with van der Waals surface area (Å²) in [5.41, 5.74) is 0.431. The largest absolute Gasteiger partial charge is 0.464 e. The Hall–Kier alpha value is -3.27. The number of rotatable bonds is 15. The second-order valence-electron chi connectivity index (χ2n) is 8.15. The molecule has 0 saturated heterocycles. The van der Waals surface area contributed by atoms with Gasteiger partial charge in [-0.3, -0.25) is 19.4 Å². The normalized spacial score (nSPS) is 13.4. The van der Waals surface area contributed by atoms with E-state index in [9.17, 15) is 24.3 Å². The van der Waals surface area contributed by atoms with Gasteiger partial charge in [-0.15, -0.1) is 0 Å². The molecule has 11 nitrogen and oxygen atoms in total. The molecule has 0 saturated carbocycles. The predicted octanol–water partition coefficient (Wildman–Crippen LogP) is 5.43. The first-order valence-corrected chi connectivity index (χ1v) is 13.5. The molecule has 2 aromatic carbocycles. The molecular weight excluding hydrogens is 503 g/mol. The summed E-state index contributed by atoms with van der Waals surface area (Å²) in [6.07, 6.45) is 1.69. The lowest BCUT2D eigenvalue weighted by atomic mass is 10.1. The molecule has 12 heteroatoms. The van der Waals surface area contributed by atoms with Gasteiger partial charge < -0.3 is 14.0 Å². The molecule has 0 heterocycles. The first-order valence-electron chi connectivity index (χ1n) is 12.0. The van der Waals surface area contributed by atoms with Gasteiger partial charge >= 0.3 is 19.7 Å². The Bertz CT molecular complexity index is 1100. The van der Waals surface area contributed by atoms with Gasteiger partial charge in [0.25, 0.3) is 5.69 Å². The van der Waals surface area contributed by atoms with Crippen LogP contribution >= 0.6 is 7.75 Å². The monoisotopic (exact) mass is 536 g/mol. The van der Waals surface area contributed by atoms with Crippen molar-refractivity contribution < 1.29 is 37.6 Å². The maximum atomic E-state index is 13.7. The Balaban J connectivity index is 2.24. The number of hydrogen-bond donors (Lipinski definition) is 1. The number of nitrogens with zero attached hydrogens (tertiary/aromatic N) is 1. The molecule has 202 valence electrons. The Labute approximate surface area is 216 Å². The fraction of sp³-hybridized carbons (Fsp3) is 0.440. The maximum Gasteiger partial charge on any atom is 0.459 e. The van der Waals surface area contributed by atoms with E-state index in [0.29, 0.717) is 5.56 Å². The van der Waals surface area contributed by atoms with Crippen molar-refractivity contribution in [1.82, 2.24) is 5.09 Å². The van der Waals surface area contributed by atoms with Crippen LogP contribution in [-0.2, 0) is 30.0 Å². The van der Waals surface area contributed by atoms with E-state index >= 15 is 0 Å². The minimum Gasteiger partial charge on any atom is -0.464 e. The topological polar surface area (TPSA) is 143 Å². The number of nitro groups is 1. The number of carbonyl (C=O) groups excluding carboxylic acids is 2. The van der Waals surface area contributed by atoms with Crippen LogP contribution in [0.25, 0.3) is 0 Å². The van der Waals surface area contributed by atoms with Crippen molar-refractivity contribution in [3.8, 4) is 5.75 Å². The summed E-state index contributed by atoms with van der Waals surface area (Å²) in [7, 11) is -4.26. The zero-order valence-corrected chi connectivity index (χ0v) is 22.3. The summed E-state index contributed by atoms with van der Waals surface area (Å²) in [4.78, 5) is 35.2. The fourth-order valence-corrected chi connectivity index (χ4v) is 4.67. The van der Waals surface area contributed by atoms with Crippen molar-refractivity contribution in [3.63, 3.8) is 0 Å². The molecule has 2 rings (SSSR count). The Morgan fingerprint density at radius 2 is 1.68 bits per heavy atom. The predicted molar refractivity (Wildman–Crippen MR) is 136 cm³/mol. The molecular formula is C25H33N2O9P. The van der Waals surface area contributed by atoms with Gasteiger partial charge in [-0.2, -0.15) is 5.09 Å². The van der Waals surface area contributed by atoms with Crippen LogP contribution in [0, 0.1) is 16.0 Å². The van der Waals surface area contributed by atoms with Gasteiger partial charge in [0.1, 0.15) is 11.8 Å². The highest BCUT2D eigenvalue weighted by atomic mass is 31.2. The molecule has 0 aromatic heterocycles. The van der Waals surface area contributed by atoms with E-state index in [0.717, 1.165) is 12.8 Å². The average molecular weight is 537 g/mol. The second-order valence-corrected chi connectivity index (χ2v) is 9.85. The summed E-state index contributed by atoms with van der Waals surface area (Å²) in [5, 5.41) is 13.5. The third-order valence-corrected chi connectivity index (χ3v) is 7.12. The van der Waals surface area contributed by atoms with Crippen molar-refractivity contribution in [2.45, 2.75) is 53.2 Å². The van der Waals surface area contributed by atoms with Crippen molar-refractivity contribution in [2.24, 2.45) is 5.92 Å². The van der Waals surface area contributed by atoms with Gasteiger partial charge in [-0.1, -0.05) is 44.9 Å². The first kappa shape index (κ1) is 30.0. The van der Waals surface area contributed by atoms with Crippen molar-refractivity contribution in [2.75, 3.05) is 13.2 Å². The van der Waals surface area contributed by atoms with Crippen LogP contribution in [0.3, 0.4) is 0 Å². The number of carbonyl (C=O) groups is 2. The molecule has 0 bridgehead atoms. The lowest BCUT2D eigenvalue weighted by molar-refractivity contribution is -0.384. The summed E-state index contributed by atoms with van der Waals surface area (Å²) in [5.74, 6) is -0.998. The quantitative estimate of drug-likeness (QED) is 0.135. The van der Waals surface area contributed by atoms with Gasteiger partial charge in [0.15, 0.2) is 0 Å². The molecule has 0 radical (unpaired) electrons. The van der Waals surface area contributed by atoms with Crippen LogP contribution < -0.4 is 9.61 Å². The van der Waals surface area contributed by atoms with Crippen molar-refractivity contribution in [1.29, 1.82) is 0 Å². The molecule has 0 aliphatic heterocycles. The van der Waals surface area contributed by atoms with E-state index in [2.05, 4.69) is 5.09 Å². The van der Waals surface area contributed by atoms with Gasteiger partial charge in [0.2, 0.25) is 0 Å². The number of non-ortho nitro benzene ring substituents is 1. The molecule has 0 spiro atoms. The standard InChI is InChI=1S/C25H33N2O9P/c1-5-19(6-2)16-34-24(28)18(4)26-37(32,36-22-14-12-21(13-15-22)27(30)31)35-17-20-10-8-9-11-23(20)25(29)33-7-3/h8-15,18-19H,5-7,16-17H2,1-4H3,(H,26,32)/t18-,37?/m0/s1. The molecule has 37 heavy (non-hydrogen) atoms. The molecule has 1 unspecified atom stereocenters. The highest BCUT2D eigenvalue weighted by Gasteiger charge is 2.33. The summed E-state index contributed by atoms with van der Waals surface area (Å²) >= 11 is 0. The number of ether oxygens (including phenoxy) is 2. The van der Waals surface area contributed by atoms with E-state index in [-0.39, 0.29) is 42.7 Å². The third-order valence-electron chi connectivity index (χ3n) is 5.50. The lowest BCUT2D eigenvalue weighted by Crippen LogP contribution is -2.35. The number of nitro benzene ring substituents is 1. The van der Waals surface area contributed by atoms with Gasteiger partial charge in [-0.05, 0) is 43.5 Å². The van der Waals surface area contributed by atoms with Crippen LogP contribution in [-0.4, -0.2) is 36.1 Å². The van der Waals surface area contributed by atoms with Gasteiger partial charge in [0.05, 0.1) is 30.3 Å². The summed E-state index contributed by atoms with van der Waals surface area (Å²) in [6, 6.07) is 10.3. The maximum absolute atomic E-state index is 13.7. The molecule has 0 aliphatic rings. The van der Waals surface area contributed by atoms with E-state index in [1.807, 2.05) is 13.8 Å². The van der Waals surface area contributed by atoms with Gasteiger partial charge in [-0.25, -0.2) is 9.36 Å². The Morgan fingerprint density at radius 1 is 1.03 bits per heavy atom. The molecule has 1 N–H and O–H groups in total. The minimum absolute atomic E-state index is 0.0118.